The van der Waals surface area contributed by atoms with Crippen molar-refractivity contribution in [2.24, 2.45) is 5.92 Å². The van der Waals surface area contributed by atoms with Gasteiger partial charge in [0.15, 0.2) is 11.6 Å². The van der Waals surface area contributed by atoms with Gasteiger partial charge >= 0.3 is 6.01 Å². The Kier molecular flexibility index (Phi) is 7.02. The summed E-state index contributed by atoms with van der Waals surface area (Å²) in [4.78, 5) is 14.1. The Morgan fingerprint density at radius 1 is 1.21 bits per heavy atom. The number of aliphatic hydroxyl groups excluding tert-OH is 1. The van der Waals surface area contributed by atoms with Crippen molar-refractivity contribution in [3.8, 4) is 6.01 Å². The number of ether oxygens (including phenoxy) is 1. The van der Waals surface area contributed by atoms with Crippen LogP contribution < -0.4 is 20.3 Å². The third-order valence-corrected chi connectivity index (χ3v) is 6.93. The van der Waals surface area contributed by atoms with Crippen LogP contribution in [-0.4, -0.2) is 72.1 Å². The van der Waals surface area contributed by atoms with E-state index in [1.165, 1.54) is 49.9 Å². The molecule has 2 aliphatic heterocycles. The largest absolute Gasteiger partial charge is 0.463 e. The predicted molar refractivity (Wildman–Crippen MR) is 132 cm³/mol. The number of allylic oxidation sites excluding steroid dienone is 1. The van der Waals surface area contributed by atoms with Gasteiger partial charge in [0, 0.05) is 19.6 Å². The van der Waals surface area contributed by atoms with Gasteiger partial charge < -0.3 is 25.4 Å². The summed E-state index contributed by atoms with van der Waals surface area (Å²) in [6, 6.07) is 0.413. The van der Waals surface area contributed by atoms with Gasteiger partial charge in [-0.3, -0.25) is 4.90 Å². The van der Waals surface area contributed by atoms with Crippen LogP contribution >= 0.6 is 0 Å². The van der Waals surface area contributed by atoms with Crippen LogP contribution in [0, 0.1) is 5.92 Å². The van der Waals surface area contributed by atoms with Crippen LogP contribution in [0.2, 0.25) is 0 Å². The highest BCUT2D eigenvalue weighted by molar-refractivity contribution is 5.80. The minimum absolute atomic E-state index is 0.413. The molecule has 1 aromatic heterocycles. The van der Waals surface area contributed by atoms with Gasteiger partial charge in [0.25, 0.3) is 0 Å². The molecule has 0 radical (unpaired) electrons. The maximum absolute atomic E-state index is 10.6. The van der Waals surface area contributed by atoms with E-state index >= 15 is 0 Å². The van der Waals surface area contributed by atoms with E-state index < -0.39 is 6.23 Å². The number of hydrogen-bond acceptors (Lipinski definition) is 8. The molecule has 0 spiro atoms. The molecule has 1 unspecified atom stereocenters. The summed E-state index contributed by atoms with van der Waals surface area (Å²) >= 11 is 0. The van der Waals surface area contributed by atoms with Gasteiger partial charge in [-0.25, -0.2) is 0 Å². The third-order valence-electron chi connectivity index (χ3n) is 6.93. The highest BCUT2D eigenvalue weighted by Crippen LogP contribution is 2.37. The molecule has 1 saturated carbocycles. The number of fused-ring (bicyclic) bond motifs is 1. The van der Waals surface area contributed by atoms with E-state index in [1.807, 2.05) is 6.92 Å². The normalized spacial score (nSPS) is 23.0. The molecule has 8 heteroatoms. The van der Waals surface area contributed by atoms with Gasteiger partial charge in [0.2, 0.25) is 0 Å². The van der Waals surface area contributed by atoms with Crippen molar-refractivity contribution in [3.63, 3.8) is 0 Å². The number of likely N-dealkylation sites (tertiary alicyclic amines) is 1. The van der Waals surface area contributed by atoms with Crippen molar-refractivity contribution in [3.05, 3.63) is 23.3 Å². The molecule has 4 aliphatic rings. The molecule has 5 rings (SSSR count). The van der Waals surface area contributed by atoms with Crippen LogP contribution in [0.5, 0.6) is 6.01 Å². The van der Waals surface area contributed by atoms with Gasteiger partial charge in [-0.1, -0.05) is 30.6 Å². The van der Waals surface area contributed by atoms with Crippen molar-refractivity contribution >= 4 is 17.3 Å². The molecule has 0 bridgehead atoms. The molecule has 0 aromatic carbocycles. The molecule has 1 aromatic rings. The van der Waals surface area contributed by atoms with E-state index in [2.05, 4.69) is 37.6 Å². The van der Waals surface area contributed by atoms with E-state index in [-0.39, 0.29) is 0 Å². The highest BCUT2D eigenvalue weighted by atomic mass is 16.5. The molecular weight excluding hydrogens is 416 g/mol. The second kappa shape index (κ2) is 10.3. The summed E-state index contributed by atoms with van der Waals surface area (Å²) in [7, 11) is 0. The van der Waals surface area contributed by atoms with Crippen molar-refractivity contribution < 1.29 is 9.84 Å². The monoisotopic (exact) mass is 454 g/mol. The zero-order valence-electron chi connectivity index (χ0n) is 19.9. The second-order valence-corrected chi connectivity index (χ2v) is 9.81. The van der Waals surface area contributed by atoms with Crippen LogP contribution in [0.4, 0.5) is 17.3 Å². The smallest absolute Gasteiger partial charge is 0.320 e. The Balaban J connectivity index is 1.34. The average molecular weight is 455 g/mol. The lowest BCUT2D eigenvalue weighted by Crippen LogP contribution is -2.43. The van der Waals surface area contributed by atoms with Crippen molar-refractivity contribution in [1.82, 2.24) is 14.9 Å². The summed E-state index contributed by atoms with van der Waals surface area (Å²) in [5.41, 5.74) is 3.57. The molecule has 3 heterocycles. The third kappa shape index (κ3) is 5.79. The Morgan fingerprint density at radius 3 is 2.85 bits per heavy atom. The van der Waals surface area contributed by atoms with Gasteiger partial charge in [-0.05, 0) is 63.6 Å². The van der Waals surface area contributed by atoms with Crippen LogP contribution in [0.25, 0.3) is 0 Å². The lowest BCUT2D eigenvalue weighted by atomic mass is 9.98. The van der Waals surface area contributed by atoms with Crippen LogP contribution in [0.3, 0.4) is 0 Å². The molecule has 8 nitrogen and oxygen atoms in total. The maximum atomic E-state index is 10.6. The molecule has 3 N–H and O–H groups in total. The lowest BCUT2D eigenvalue weighted by Gasteiger charge is -2.35. The van der Waals surface area contributed by atoms with Crippen LogP contribution in [0.1, 0.15) is 51.9 Å². The number of hydrogen-bond donors (Lipinski definition) is 3. The van der Waals surface area contributed by atoms with Crippen LogP contribution in [-0.2, 0) is 0 Å². The number of nitrogens with zero attached hydrogens (tertiary/aromatic N) is 4. The number of nitrogens with one attached hydrogen (secondary N) is 2. The molecule has 180 valence electrons. The standard InChI is InChI=1S/C25H38N6O2/c1-2-26-23-22-24(29-25(28-23)33-13-10-18-8-9-18)31(17-21(32)27-22)16-20-7-5-6-19(14-20)15-30-11-3-4-12-30/h7,14,18,21,27,32H,2-6,8-13,15-17H2,1H3,(H,26,28,29). The first-order valence-corrected chi connectivity index (χ1v) is 12.8. The van der Waals surface area contributed by atoms with Crippen molar-refractivity contribution in [1.29, 1.82) is 0 Å². The SMILES string of the molecule is CCNc1nc(OCCC2CC2)nc2c1NC(O)CN2CC1=CCCC(CN2CCCC2)=C1. The Morgan fingerprint density at radius 2 is 2.06 bits per heavy atom. The first kappa shape index (κ1) is 22.5. The number of aromatic nitrogens is 2. The molecule has 0 amide bonds. The van der Waals surface area contributed by atoms with E-state index in [1.54, 1.807) is 0 Å². The van der Waals surface area contributed by atoms with Gasteiger partial charge in [0.05, 0.1) is 13.2 Å². The fraction of sp³-hybridized carbons (Fsp3) is 0.680. The first-order valence-electron chi connectivity index (χ1n) is 12.8. The first-order chi connectivity index (χ1) is 16.2. The number of β-amino-alcohol motifs (C(OH)–C–C–N with tert-alkyl or cyclic N) is 1. The number of anilines is 3. The van der Waals surface area contributed by atoms with E-state index in [0.29, 0.717) is 25.0 Å². The predicted octanol–water partition coefficient (Wildman–Crippen LogP) is 3.38. The van der Waals surface area contributed by atoms with Gasteiger partial charge in [-0.2, -0.15) is 9.97 Å². The van der Waals surface area contributed by atoms with Gasteiger partial charge in [-0.15, -0.1) is 0 Å². The Labute approximate surface area is 197 Å². The maximum Gasteiger partial charge on any atom is 0.320 e. The summed E-state index contributed by atoms with van der Waals surface area (Å²) < 4.78 is 5.96. The molecule has 33 heavy (non-hydrogen) atoms. The quantitative estimate of drug-likeness (QED) is 0.496. The number of aliphatic hydroxyl groups is 1. The van der Waals surface area contributed by atoms with Crippen LogP contribution in [0.15, 0.2) is 23.3 Å². The second-order valence-electron chi connectivity index (χ2n) is 9.81. The summed E-state index contributed by atoms with van der Waals surface area (Å²) in [5.74, 6) is 2.30. The topological polar surface area (TPSA) is 85.8 Å². The number of rotatable bonds is 10. The average Bonchev–Trinajstić information content (AvgIpc) is 3.48. The van der Waals surface area contributed by atoms with Crippen molar-refractivity contribution in [2.75, 3.05) is 61.4 Å². The minimum atomic E-state index is -0.669. The van der Waals surface area contributed by atoms with E-state index in [9.17, 15) is 5.11 Å². The zero-order valence-corrected chi connectivity index (χ0v) is 19.9. The molecule has 1 saturated heterocycles. The van der Waals surface area contributed by atoms with E-state index in [4.69, 9.17) is 9.72 Å². The summed E-state index contributed by atoms with van der Waals surface area (Å²) in [5, 5.41) is 17.1. The fourth-order valence-electron chi connectivity index (χ4n) is 5.04. The Bertz CT molecular complexity index is 891. The molecular formula is C25H38N6O2. The van der Waals surface area contributed by atoms with Gasteiger partial charge in [0.1, 0.15) is 11.9 Å². The highest BCUT2D eigenvalue weighted by Gasteiger charge is 2.29. The fourth-order valence-corrected chi connectivity index (χ4v) is 5.04. The Hall–Kier alpha value is -2.32. The van der Waals surface area contributed by atoms with Crippen molar-refractivity contribution in [2.45, 2.75) is 58.1 Å². The minimum Gasteiger partial charge on any atom is -0.463 e. The molecule has 2 aliphatic carbocycles. The molecule has 1 atom stereocenters. The summed E-state index contributed by atoms with van der Waals surface area (Å²) in [6.07, 6.45) is 12.6. The lowest BCUT2D eigenvalue weighted by molar-refractivity contribution is 0.205. The zero-order chi connectivity index (χ0) is 22.6. The molecule has 2 fully saturated rings. The summed E-state index contributed by atoms with van der Waals surface area (Å²) in [6.45, 7) is 8.16. The van der Waals surface area contributed by atoms with E-state index in [0.717, 1.165) is 56.3 Å².